The molecule has 1 aliphatic rings. The predicted molar refractivity (Wildman–Crippen MR) is 128 cm³/mol. The topological polar surface area (TPSA) is 79.8 Å². The third-order valence-corrected chi connectivity index (χ3v) is 6.88. The Morgan fingerprint density at radius 2 is 1.64 bits per heavy atom. The SMILES string of the molecule is Cc1oc2c(C)c3oc(=O)c(CC(=O)N4CCN(c5ccccn5)CC4)c(C)c3cc2c1C. The van der Waals surface area contributed by atoms with Gasteiger partial charge in [0.1, 0.15) is 22.7 Å². The van der Waals surface area contributed by atoms with Crippen LogP contribution in [-0.4, -0.2) is 42.0 Å². The number of carbonyl (C=O) groups is 1. The minimum absolute atomic E-state index is 0.0359. The first kappa shape index (κ1) is 21.2. The van der Waals surface area contributed by atoms with Crippen LogP contribution in [0.25, 0.3) is 21.9 Å². The lowest BCUT2D eigenvalue weighted by Gasteiger charge is -2.35. The van der Waals surface area contributed by atoms with E-state index in [0.29, 0.717) is 37.3 Å². The summed E-state index contributed by atoms with van der Waals surface area (Å²) in [4.78, 5) is 34.3. The Hall–Kier alpha value is -3.61. The van der Waals surface area contributed by atoms with Gasteiger partial charge in [-0.3, -0.25) is 4.79 Å². The van der Waals surface area contributed by atoms with Gasteiger partial charge in [-0.2, -0.15) is 0 Å². The van der Waals surface area contributed by atoms with E-state index in [2.05, 4.69) is 9.88 Å². The molecular weight excluding hydrogens is 418 g/mol. The van der Waals surface area contributed by atoms with Crippen molar-refractivity contribution in [1.29, 1.82) is 0 Å². The number of rotatable bonds is 3. The number of fused-ring (bicyclic) bond motifs is 2. The molecule has 0 aliphatic carbocycles. The molecule has 0 spiro atoms. The Labute approximate surface area is 191 Å². The second-order valence-corrected chi connectivity index (χ2v) is 8.76. The molecule has 0 N–H and O–H groups in total. The smallest absolute Gasteiger partial charge is 0.340 e. The van der Waals surface area contributed by atoms with Crippen molar-refractivity contribution in [2.24, 2.45) is 0 Å². The van der Waals surface area contributed by atoms with E-state index in [1.807, 2.05) is 56.9 Å². The van der Waals surface area contributed by atoms with E-state index in [4.69, 9.17) is 8.83 Å². The molecule has 0 saturated carbocycles. The van der Waals surface area contributed by atoms with Gasteiger partial charge >= 0.3 is 5.63 Å². The first-order valence-corrected chi connectivity index (χ1v) is 11.2. The van der Waals surface area contributed by atoms with Gasteiger partial charge < -0.3 is 18.6 Å². The molecule has 1 aromatic carbocycles. The molecule has 0 unspecified atom stereocenters. The lowest BCUT2D eigenvalue weighted by Crippen LogP contribution is -2.49. The van der Waals surface area contributed by atoms with Crippen molar-refractivity contribution in [1.82, 2.24) is 9.88 Å². The fourth-order valence-electron chi connectivity index (χ4n) is 4.69. The van der Waals surface area contributed by atoms with Crippen LogP contribution in [0.1, 0.15) is 28.0 Å². The Bertz CT molecular complexity index is 1430. The average Bonchev–Trinajstić information content (AvgIpc) is 3.12. The number of nitrogens with zero attached hydrogens (tertiary/aromatic N) is 3. The van der Waals surface area contributed by atoms with Crippen molar-refractivity contribution < 1.29 is 13.6 Å². The van der Waals surface area contributed by atoms with Crippen LogP contribution in [0.5, 0.6) is 0 Å². The molecule has 0 radical (unpaired) electrons. The molecule has 1 fully saturated rings. The molecule has 3 aromatic heterocycles. The molecule has 7 nitrogen and oxygen atoms in total. The van der Waals surface area contributed by atoms with E-state index in [-0.39, 0.29) is 12.3 Å². The highest BCUT2D eigenvalue weighted by Gasteiger charge is 2.25. The number of pyridine rings is 1. The summed E-state index contributed by atoms with van der Waals surface area (Å²) in [6, 6.07) is 7.84. The van der Waals surface area contributed by atoms with Crippen LogP contribution in [0.2, 0.25) is 0 Å². The number of aryl methyl sites for hydroxylation is 4. The Morgan fingerprint density at radius 1 is 0.939 bits per heavy atom. The largest absolute Gasteiger partial charge is 0.461 e. The highest BCUT2D eigenvalue weighted by molar-refractivity contribution is 6.00. The second kappa shape index (κ2) is 8.06. The number of anilines is 1. The zero-order valence-corrected chi connectivity index (χ0v) is 19.4. The van der Waals surface area contributed by atoms with E-state index >= 15 is 0 Å². The maximum Gasteiger partial charge on any atom is 0.340 e. The molecule has 1 saturated heterocycles. The third kappa shape index (κ3) is 3.57. The van der Waals surface area contributed by atoms with Gasteiger partial charge in [0.2, 0.25) is 5.91 Å². The van der Waals surface area contributed by atoms with Crippen molar-refractivity contribution in [3.05, 3.63) is 68.9 Å². The number of carbonyl (C=O) groups excluding carboxylic acids is 1. The van der Waals surface area contributed by atoms with E-state index in [1.165, 1.54) is 0 Å². The summed E-state index contributed by atoms with van der Waals surface area (Å²) in [5, 5.41) is 1.86. The molecule has 1 aliphatic heterocycles. The predicted octanol–water partition coefficient (Wildman–Crippen LogP) is 4.06. The van der Waals surface area contributed by atoms with Gasteiger partial charge in [0.25, 0.3) is 0 Å². The number of furan rings is 1. The molecule has 5 rings (SSSR count). The molecule has 7 heteroatoms. The summed E-state index contributed by atoms with van der Waals surface area (Å²) < 4.78 is 11.6. The number of hydrogen-bond donors (Lipinski definition) is 0. The molecule has 0 bridgehead atoms. The zero-order valence-electron chi connectivity index (χ0n) is 19.4. The third-order valence-electron chi connectivity index (χ3n) is 6.88. The summed E-state index contributed by atoms with van der Waals surface area (Å²) in [5.74, 6) is 1.71. The minimum Gasteiger partial charge on any atom is -0.461 e. The first-order valence-electron chi connectivity index (χ1n) is 11.2. The number of benzene rings is 1. The van der Waals surface area contributed by atoms with E-state index in [0.717, 1.165) is 44.6 Å². The Kier molecular flexibility index (Phi) is 5.19. The monoisotopic (exact) mass is 445 g/mol. The highest BCUT2D eigenvalue weighted by atomic mass is 16.4. The van der Waals surface area contributed by atoms with Crippen molar-refractivity contribution in [2.45, 2.75) is 34.1 Å². The van der Waals surface area contributed by atoms with Crippen LogP contribution in [0, 0.1) is 27.7 Å². The molecule has 4 heterocycles. The van der Waals surface area contributed by atoms with E-state index < -0.39 is 5.63 Å². The lowest BCUT2D eigenvalue weighted by molar-refractivity contribution is -0.130. The summed E-state index contributed by atoms with van der Waals surface area (Å²) in [5.41, 5.74) is 3.92. The van der Waals surface area contributed by atoms with Gasteiger partial charge in [-0.15, -0.1) is 0 Å². The molecule has 1 amide bonds. The Balaban J connectivity index is 1.42. The summed E-state index contributed by atoms with van der Waals surface area (Å²) >= 11 is 0. The molecular formula is C26H27N3O4. The van der Waals surface area contributed by atoms with Crippen LogP contribution in [-0.2, 0) is 11.2 Å². The van der Waals surface area contributed by atoms with Gasteiger partial charge in [-0.1, -0.05) is 6.07 Å². The van der Waals surface area contributed by atoms with Crippen molar-refractivity contribution in [3.8, 4) is 0 Å². The summed E-state index contributed by atoms with van der Waals surface area (Å²) in [6.45, 7) is 10.4. The standard InChI is InChI=1S/C26H27N3O4/c1-15-18(4)32-24-17(3)25-20(13-19(15)24)16(2)21(26(31)33-25)14-23(30)29-11-9-28(10-12-29)22-7-5-6-8-27-22/h5-8,13H,9-12,14H2,1-4H3. The van der Waals surface area contributed by atoms with Gasteiger partial charge in [0.05, 0.1) is 12.0 Å². The number of hydrogen-bond acceptors (Lipinski definition) is 6. The van der Waals surface area contributed by atoms with Gasteiger partial charge in [0, 0.05) is 48.7 Å². The fourth-order valence-corrected chi connectivity index (χ4v) is 4.69. The van der Waals surface area contributed by atoms with E-state index in [1.54, 1.807) is 6.20 Å². The molecule has 170 valence electrons. The number of piperazine rings is 1. The van der Waals surface area contributed by atoms with Crippen LogP contribution in [0.15, 0.2) is 44.1 Å². The second-order valence-electron chi connectivity index (χ2n) is 8.76. The lowest BCUT2D eigenvalue weighted by atomic mass is 9.98. The van der Waals surface area contributed by atoms with Gasteiger partial charge in [0.15, 0.2) is 0 Å². The minimum atomic E-state index is -0.456. The summed E-state index contributed by atoms with van der Waals surface area (Å²) in [6.07, 6.45) is 1.81. The quantitative estimate of drug-likeness (QED) is 0.443. The first-order chi connectivity index (χ1) is 15.8. The van der Waals surface area contributed by atoms with Crippen molar-refractivity contribution in [2.75, 3.05) is 31.1 Å². The molecule has 4 aromatic rings. The Morgan fingerprint density at radius 3 is 2.33 bits per heavy atom. The summed E-state index contributed by atoms with van der Waals surface area (Å²) in [7, 11) is 0. The normalized spacial score (nSPS) is 14.4. The number of aromatic nitrogens is 1. The van der Waals surface area contributed by atoms with Crippen LogP contribution >= 0.6 is 0 Å². The van der Waals surface area contributed by atoms with Gasteiger partial charge in [-0.25, -0.2) is 9.78 Å². The number of amides is 1. The van der Waals surface area contributed by atoms with Crippen LogP contribution in [0.4, 0.5) is 5.82 Å². The fraction of sp³-hybridized carbons (Fsp3) is 0.346. The zero-order chi connectivity index (χ0) is 23.3. The van der Waals surface area contributed by atoms with E-state index in [9.17, 15) is 9.59 Å². The molecule has 33 heavy (non-hydrogen) atoms. The van der Waals surface area contributed by atoms with Gasteiger partial charge in [-0.05, 0) is 57.0 Å². The van der Waals surface area contributed by atoms with Crippen molar-refractivity contribution >= 4 is 33.7 Å². The van der Waals surface area contributed by atoms with Crippen molar-refractivity contribution in [3.63, 3.8) is 0 Å². The van der Waals surface area contributed by atoms with Crippen LogP contribution < -0.4 is 10.5 Å². The van der Waals surface area contributed by atoms with Crippen LogP contribution in [0.3, 0.4) is 0 Å². The maximum atomic E-state index is 13.1. The highest BCUT2D eigenvalue weighted by Crippen LogP contribution is 2.34. The molecule has 0 atom stereocenters. The maximum absolute atomic E-state index is 13.1. The average molecular weight is 446 g/mol.